The van der Waals surface area contributed by atoms with Crippen molar-refractivity contribution in [2.24, 2.45) is 0 Å². The number of benzene rings is 1. The smallest absolute Gasteiger partial charge is 0.252 e. The quantitative estimate of drug-likeness (QED) is 0.317. The molecule has 0 spiro atoms. The number of aryl methyl sites for hydroxylation is 1. The molecule has 0 aliphatic carbocycles. The van der Waals surface area contributed by atoms with Crippen molar-refractivity contribution in [2.75, 3.05) is 0 Å². The van der Waals surface area contributed by atoms with Gasteiger partial charge in [-0.1, -0.05) is 31.5 Å². The third-order valence-electron chi connectivity index (χ3n) is 6.22. The number of tetrazole rings is 1. The fourth-order valence-electron chi connectivity index (χ4n) is 4.51. The summed E-state index contributed by atoms with van der Waals surface area (Å²) in [6, 6.07) is 15.4. The second-order valence-corrected chi connectivity index (χ2v) is 8.73. The molecule has 1 unspecified atom stereocenters. The first-order chi connectivity index (χ1) is 17.1. The van der Waals surface area contributed by atoms with Crippen LogP contribution in [-0.2, 0) is 19.6 Å². The van der Waals surface area contributed by atoms with Crippen LogP contribution in [0.4, 0.5) is 0 Å². The number of pyridine rings is 1. The highest BCUT2D eigenvalue weighted by Crippen LogP contribution is 2.28. The molecule has 1 N–H and O–H groups in total. The van der Waals surface area contributed by atoms with E-state index in [1.54, 1.807) is 17.2 Å². The van der Waals surface area contributed by atoms with Gasteiger partial charge in [0.2, 0.25) is 0 Å². The first-order valence-electron chi connectivity index (χ1n) is 11.8. The molecule has 0 aliphatic rings. The zero-order chi connectivity index (χ0) is 24.2. The average molecular weight is 473 g/mol. The molecule has 9 nitrogen and oxygen atoms in total. The zero-order valence-corrected chi connectivity index (χ0v) is 19.8. The van der Waals surface area contributed by atoms with Gasteiger partial charge in [0.25, 0.3) is 5.56 Å². The van der Waals surface area contributed by atoms with Gasteiger partial charge in [0.1, 0.15) is 18.1 Å². The van der Waals surface area contributed by atoms with Gasteiger partial charge in [-0.05, 0) is 65.1 Å². The Bertz CT molecular complexity index is 1440. The van der Waals surface area contributed by atoms with Crippen LogP contribution < -0.4 is 5.56 Å². The molecule has 1 aromatic carbocycles. The van der Waals surface area contributed by atoms with E-state index in [1.807, 2.05) is 55.5 Å². The van der Waals surface area contributed by atoms with Gasteiger partial charge < -0.3 is 13.8 Å². The van der Waals surface area contributed by atoms with Gasteiger partial charge in [-0.25, -0.2) is 4.68 Å². The molecule has 5 rings (SSSR count). The van der Waals surface area contributed by atoms with Crippen LogP contribution in [0.1, 0.15) is 54.3 Å². The SMILES string of the molecule is CCCC(c1nnnn1Cc1ccco1)N(Cc1ccco1)Cc1cc2cccc(C)c2[nH]c1=O. The molecule has 0 radical (unpaired) electrons. The number of furan rings is 2. The minimum Gasteiger partial charge on any atom is -0.468 e. The fourth-order valence-corrected chi connectivity index (χ4v) is 4.51. The summed E-state index contributed by atoms with van der Waals surface area (Å²) in [5.74, 6) is 2.31. The second-order valence-electron chi connectivity index (χ2n) is 8.73. The molecule has 5 aromatic rings. The van der Waals surface area contributed by atoms with E-state index in [2.05, 4.69) is 32.3 Å². The Kier molecular flexibility index (Phi) is 6.58. The van der Waals surface area contributed by atoms with Crippen molar-refractivity contribution in [2.45, 2.75) is 52.4 Å². The van der Waals surface area contributed by atoms with Crippen molar-refractivity contribution >= 4 is 10.9 Å². The summed E-state index contributed by atoms with van der Waals surface area (Å²) in [4.78, 5) is 18.4. The first-order valence-corrected chi connectivity index (χ1v) is 11.8. The number of rotatable bonds is 10. The Morgan fingerprint density at radius 2 is 1.86 bits per heavy atom. The van der Waals surface area contributed by atoms with Crippen molar-refractivity contribution in [3.8, 4) is 0 Å². The lowest BCUT2D eigenvalue weighted by molar-refractivity contribution is 0.144. The van der Waals surface area contributed by atoms with Gasteiger partial charge >= 0.3 is 0 Å². The van der Waals surface area contributed by atoms with E-state index in [4.69, 9.17) is 8.83 Å². The van der Waals surface area contributed by atoms with Crippen molar-refractivity contribution in [3.05, 3.63) is 99.9 Å². The Labute approximate surface area is 202 Å². The molecule has 4 heterocycles. The van der Waals surface area contributed by atoms with Gasteiger partial charge in [-0.2, -0.15) is 0 Å². The fraction of sp³-hybridized carbons (Fsp3) is 0.308. The van der Waals surface area contributed by atoms with Crippen molar-refractivity contribution in [1.82, 2.24) is 30.1 Å². The maximum atomic E-state index is 13.1. The molecule has 4 aromatic heterocycles. The predicted molar refractivity (Wildman–Crippen MR) is 131 cm³/mol. The monoisotopic (exact) mass is 472 g/mol. The highest BCUT2D eigenvalue weighted by atomic mass is 16.3. The largest absolute Gasteiger partial charge is 0.468 e. The minimum atomic E-state index is -0.136. The second kappa shape index (κ2) is 10.1. The molecular weight excluding hydrogens is 444 g/mol. The maximum Gasteiger partial charge on any atom is 0.252 e. The van der Waals surface area contributed by atoms with Crippen LogP contribution >= 0.6 is 0 Å². The zero-order valence-electron chi connectivity index (χ0n) is 19.8. The summed E-state index contributed by atoms with van der Waals surface area (Å²) in [6.07, 6.45) is 5.03. The normalized spacial score (nSPS) is 12.5. The van der Waals surface area contributed by atoms with E-state index in [9.17, 15) is 4.79 Å². The van der Waals surface area contributed by atoms with E-state index in [1.165, 1.54) is 0 Å². The van der Waals surface area contributed by atoms with Gasteiger partial charge in [0.05, 0.1) is 30.6 Å². The molecular formula is C26H28N6O3. The molecule has 0 bridgehead atoms. The summed E-state index contributed by atoms with van der Waals surface area (Å²) in [5.41, 5.74) is 2.49. The number of fused-ring (bicyclic) bond motifs is 1. The molecule has 180 valence electrons. The molecule has 0 amide bonds. The molecule has 35 heavy (non-hydrogen) atoms. The topological polar surface area (TPSA) is 106 Å². The predicted octanol–water partition coefficient (Wildman–Crippen LogP) is 4.60. The number of para-hydroxylation sites is 1. The number of aromatic nitrogens is 5. The van der Waals surface area contributed by atoms with Gasteiger partial charge in [-0.3, -0.25) is 9.69 Å². The molecule has 0 fully saturated rings. The highest BCUT2D eigenvalue weighted by molar-refractivity contribution is 5.81. The Morgan fingerprint density at radius 3 is 2.60 bits per heavy atom. The van der Waals surface area contributed by atoms with E-state index < -0.39 is 0 Å². The summed E-state index contributed by atoms with van der Waals surface area (Å²) in [7, 11) is 0. The van der Waals surface area contributed by atoms with Crippen LogP contribution in [0, 0.1) is 6.92 Å². The summed E-state index contributed by atoms with van der Waals surface area (Å²) in [5, 5.41) is 13.6. The van der Waals surface area contributed by atoms with E-state index in [0.29, 0.717) is 25.2 Å². The van der Waals surface area contributed by atoms with E-state index >= 15 is 0 Å². The Hall–Kier alpha value is -3.98. The third-order valence-corrected chi connectivity index (χ3v) is 6.22. The van der Waals surface area contributed by atoms with Crippen molar-refractivity contribution in [3.63, 3.8) is 0 Å². The molecule has 0 saturated heterocycles. The van der Waals surface area contributed by atoms with Crippen LogP contribution in [-0.4, -0.2) is 30.1 Å². The van der Waals surface area contributed by atoms with Gasteiger partial charge in [0, 0.05) is 12.1 Å². The summed E-state index contributed by atoms with van der Waals surface area (Å²) in [6.45, 7) is 5.48. The lowest BCUT2D eigenvalue weighted by atomic mass is 10.1. The number of nitrogens with one attached hydrogen (secondary N) is 1. The van der Waals surface area contributed by atoms with Crippen LogP contribution in [0.15, 0.2) is 74.7 Å². The number of nitrogens with zero attached hydrogens (tertiary/aromatic N) is 5. The van der Waals surface area contributed by atoms with Crippen LogP contribution in [0.5, 0.6) is 0 Å². The maximum absolute atomic E-state index is 13.1. The number of H-pyrrole nitrogens is 1. The summed E-state index contributed by atoms with van der Waals surface area (Å²) >= 11 is 0. The number of hydrogen-bond acceptors (Lipinski definition) is 7. The van der Waals surface area contributed by atoms with E-state index in [-0.39, 0.29) is 11.6 Å². The molecule has 9 heteroatoms. The average Bonchev–Trinajstić information content (AvgIpc) is 3.63. The number of hydrogen-bond donors (Lipinski definition) is 1. The number of aromatic amines is 1. The van der Waals surface area contributed by atoms with Crippen LogP contribution in [0.2, 0.25) is 0 Å². The highest BCUT2D eigenvalue weighted by Gasteiger charge is 2.27. The van der Waals surface area contributed by atoms with Gasteiger partial charge in [0.15, 0.2) is 5.82 Å². The first kappa shape index (κ1) is 22.8. The van der Waals surface area contributed by atoms with Crippen molar-refractivity contribution < 1.29 is 8.83 Å². The molecule has 0 aliphatic heterocycles. The lowest BCUT2D eigenvalue weighted by Gasteiger charge is -2.30. The van der Waals surface area contributed by atoms with Crippen LogP contribution in [0.3, 0.4) is 0 Å². The standard InChI is InChI=1S/C26H28N6O3/c1-3-7-23(25-28-29-30-32(25)17-22-11-6-13-35-22)31(16-21-10-5-12-34-21)15-20-14-19-9-4-8-18(2)24(19)27-26(20)33/h4-6,8-14,23H,3,7,15-17H2,1-2H3,(H,27,33). The summed E-state index contributed by atoms with van der Waals surface area (Å²) < 4.78 is 13.0. The third kappa shape index (κ3) is 4.95. The van der Waals surface area contributed by atoms with Gasteiger partial charge in [-0.15, -0.1) is 5.10 Å². The van der Waals surface area contributed by atoms with Crippen molar-refractivity contribution in [1.29, 1.82) is 0 Å². The van der Waals surface area contributed by atoms with E-state index in [0.717, 1.165) is 46.7 Å². The Balaban J connectivity index is 1.53. The molecule has 0 saturated carbocycles. The Morgan fingerprint density at radius 1 is 1.06 bits per heavy atom. The molecule has 1 atom stereocenters. The lowest BCUT2D eigenvalue weighted by Crippen LogP contribution is -2.32. The van der Waals surface area contributed by atoms with Crippen LogP contribution in [0.25, 0.3) is 10.9 Å². The minimum absolute atomic E-state index is 0.0957.